The van der Waals surface area contributed by atoms with Gasteiger partial charge in [-0.05, 0) is 68.6 Å². The molecule has 1 amide bonds. The third-order valence-electron chi connectivity index (χ3n) is 6.47. The quantitative estimate of drug-likeness (QED) is 0.676. The van der Waals surface area contributed by atoms with Gasteiger partial charge in [-0.1, -0.05) is 42.3 Å². The number of rotatable bonds is 7. The van der Waals surface area contributed by atoms with Gasteiger partial charge in [0.05, 0.1) is 5.56 Å². The molecule has 166 valence electrons. The minimum Gasteiger partial charge on any atom is -0.488 e. The first-order valence-electron chi connectivity index (χ1n) is 11.2. The molecule has 1 N–H and O–H groups in total. The predicted molar refractivity (Wildman–Crippen MR) is 123 cm³/mol. The molecule has 2 aliphatic rings. The molecule has 2 aromatic carbocycles. The summed E-state index contributed by atoms with van der Waals surface area (Å²) in [6, 6.07) is 15.0. The van der Waals surface area contributed by atoms with Crippen LogP contribution in [0.25, 0.3) is 0 Å². The highest BCUT2D eigenvalue weighted by Crippen LogP contribution is 2.30. The van der Waals surface area contributed by atoms with E-state index in [4.69, 9.17) is 21.1 Å². The van der Waals surface area contributed by atoms with Crippen molar-refractivity contribution in [2.24, 2.45) is 0 Å². The summed E-state index contributed by atoms with van der Waals surface area (Å²) in [5.41, 5.74) is 1.57. The molecule has 5 nitrogen and oxygen atoms in total. The van der Waals surface area contributed by atoms with Gasteiger partial charge in [0.1, 0.15) is 12.4 Å². The van der Waals surface area contributed by atoms with Crippen LogP contribution in [-0.2, 0) is 11.3 Å². The monoisotopic (exact) mass is 442 g/mol. The molecule has 0 atom stereocenters. The molecule has 4 rings (SSSR count). The minimum absolute atomic E-state index is 0.00651. The Labute approximate surface area is 189 Å². The van der Waals surface area contributed by atoms with Gasteiger partial charge in [-0.15, -0.1) is 0 Å². The summed E-state index contributed by atoms with van der Waals surface area (Å²) in [7, 11) is 0. The normalized spacial score (nSPS) is 19.0. The van der Waals surface area contributed by atoms with Crippen LogP contribution in [0.5, 0.6) is 5.75 Å². The summed E-state index contributed by atoms with van der Waals surface area (Å²) in [5, 5.41) is 3.91. The molecule has 2 aromatic rings. The number of nitrogens with zero attached hydrogens (tertiary/aromatic N) is 1. The van der Waals surface area contributed by atoms with Crippen molar-refractivity contribution < 1.29 is 14.3 Å². The van der Waals surface area contributed by atoms with Crippen LogP contribution in [0.3, 0.4) is 0 Å². The van der Waals surface area contributed by atoms with Crippen molar-refractivity contribution in [1.82, 2.24) is 10.2 Å². The number of likely N-dealkylation sites (tertiary alicyclic amines) is 1. The van der Waals surface area contributed by atoms with Gasteiger partial charge in [-0.2, -0.15) is 0 Å². The Morgan fingerprint density at radius 3 is 2.48 bits per heavy atom. The maximum Gasteiger partial charge on any atom is 0.255 e. The predicted octanol–water partition coefficient (Wildman–Crippen LogP) is 4.68. The van der Waals surface area contributed by atoms with Gasteiger partial charge in [0.15, 0.2) is 0 Å². The molecular weight excluding hydrogens is 412 g/mol. The topological polar surface area (TPSA) is 50.8 Å². The summed E-state index contributed by atoms with van der Waals surface area (Å²) < 4.78 is 11.6. The van der Waals surface area contributed by atoms with E-state index in [1.54, 1.807) is 0 Å². The second kappa shape index (κ2) is 10.5. The van der Waals surface area contributed by atoms with Gasteiger partial charge in [0.25, 0.3) is 5.91 Å². The Kier molecular flexibility index (Phi) is 7.49. The molecule has 0 saturated carbocycles. The molecule has 0 bridgehead atoms. The van der Waals surface area contributed by atoms with E-state index in [0.717, 1.165) is 44.7 Å². The molecule has 2 saturated heterocycles. The summed E-state index contributed by atoms with van der Waals surface area (Å²) in [4.78, 5) is 15.7. The average molecular weight is 443 g/mol. The summed E-state index contributed by atoms with van der Waals surface area (Å²) in [5.74, 6) is 0.503. The highest BCUT2D eigenvalue weighted by Gasteiger charge is 2.39. The van der Waals surface area contributed by atoms with Crippen molar-refractivity contribution in [1.29, 1.82) is 0 Å². The van der Waals surface area contributed by atoms with Gasteiger partial charge in [0, 0.05) is 30.3 Å². The van der Waals surface area contributed by atoms with Crippen molar-refractivity contribution in [3.63, 3.8) is 0 Å². The lowest BCUT2D eigenvalue weighted by Crippen LogP contribution is -2.59. The zero-order chi connectivity index (χ0) is 21.5. The number of piperidine rings is 1. The van der Waals surface area contributed by atoms with Gasteiger partial charge < -0.3 is 14.8 Å². The lowest BCUT2D eigenvalue weighted by Gasteiger charge is -2.48. The second-order valence-electron chi connectivity index (χ2n) is 8.48. The smallest absolute Gasteiger partial charge is 0.255 e. The minimum atomic E-state index is -0.0883. The molecule has 0 radical (unpaired) electrons. The van der Waals surface area contributed by atoms with Crippen LogP contribution in [0.2, 0.25) is 5.02 Å². The molecule has 0 aliphatic carbocycles. The molecule has 0 aromatic heterocycles. The standard InChI is InChI=1S/C25H31ClN2O3/c26-21-10-8-20(9-11-21)18-31-23-7-3-2-6-22(23)24(29)27-19-25(12-16-30-17-13-25)28-14-4-1-5-15-28/h2-3,6-11H,1,4-5,12-19H2,(H,27,29). The number of amides is 1. The molecule has 31 heavy (non-hydrogen) atoms. The maximum atomic E-state index is 13.1. The average Bonchev–Trinajstić information content (AvgIpc) is 2.83. The van der Waals surface area contributed by atoms with Gasteiger partial charge in [-0.25, -0.2) is 0 Å². The van der Waals surface area contributed by atoms with E-state index in [0.29, 0.717) is 29.5 Å². The van der Waals surface area contributed by atoms with Crippen molar-refractivity contribution in [3.05, 3.63) is 64.7 Å². The van der Waals surface area contributed by atoms with E-state index < -0.39 is 0 Å². The number of hydrogen-bond acceptors (Lipinski definition) is 4. The maximum absolute atomic E-state index is 13.1. The molecule has 6 heteroatoms. The largest absolute Gasteiger partial charge is 0.488 e. The van der Waals surface area contributed by atoms with E-state index in [-0.39, 0.29) is 11.4 Å². The summed E-state index contributed by atoms with van der Waals surface area (Å²) >= 11 is 5.96. The molecule has 0 unspecified atom stereocenters. The van der Waals surface area contributed by atoms with E-state index >= 15 is 0 Å². The number of benzene rings is 2. The molecule has 2 aliphatic heterocycles. The highest BCUT2D eigenvalue weighted by atomic mass is 35.5. The van der Waals surface area contributed by atoms with Gasteiger partial charge >= 0.3 is 0 Å². The first-order valence-corrected chi connectivity index (χ1v) is 11.6. The Bertz CT molecular complexity index is 859. The summed E-state index contributed by atoms with van der Waals surface area (Å²) in [6.45, 7) is 4.75. The second-order valence-corrected chi connectivity index (χ2v) is 8.91. The fraction of sp³-hybridized carbons (Fsp3) is 0.480. The van der Waals surface area contributed by atoms with Crippen LogP contribution in [0.4, 0.5) is 0 Å². The van der Waals surface area contributed by atoms with Crippen LogP contribution in [0.1, 0.15) is 48.0 Å². The number of carbonyl (C=O) groups is 1. The van der Waals surface area contributed by atoms with Gasteiger partial charge in [-0.3, -0.25) is 9.69 Å². The Morgan fingerprint density at radius 2 is 1.74 bits per heavy atom. The zero-order valence-electron chi connectivity index (χ0n) is 17.9. The first-order chi connectivity index (χ1) is 15.2. The number of nitrogens with one attached hydrogen (secondary N) is 1. The SMILES string of the molecule is O=C(NCC1(N2CCCCC2)CCOCC1)c1ccccc1OCc1ccc(Cl)cc1. The molecule has 2 fully saturated rings. The third kappa shape index (κ3) is 5.59. The van der Waals surface area contributed by atoms with Crippen molar-refractivity contribution >= 4 is 17.5 Å². The van der Waals surface area contributed by atoms with Crippen LogP contribution in [0.15, 0.2) is 48.5 Å². The van der Waals surface area contributed by atoms with Crippen molar-refractivity contribution in [3.8, 4) is 5.75 Å². The number of ether oxygens (including phenoxy) is 2. The Hall–Kier alpha value is -2.08. The van der Waals surface area contributed by atoms with E-state index in [9.17, 15) is 4.79 Å². The summed E-state index contributed by atoms with van der Waals surface area (Å²) in [6.07, 6.45) is 5.69. The van der Waals surface area contributed by atoms with Crippen LogP contribution in [-0.4, -0.2) is 49.2 Å². The van der Waals surface area contributed by atoms with Crippen LogP contribution < -0.4 is 10.1 Å². The lowest BCUT2D eigenvalue weighted by molar-refractivity contribution is -0.0349. The number of para-hydroxylation sites is 1. The van der Waals surface area contributed by atoms with E-state index in [2.05, 4.69) is 10.2 Å². The first kappa shape index (κ1) is 22.1. The molecule has 0 spiro atoms. The Morgan fingerprint density at radius 1 is 1.03 bits per heavy atom. The Balaban J connectivity index is 1.42. The molecule has 2 heterocycles. The zero-order valence-corrected chi connectivity index (χ0v) is 18.7. The fourth-order valence-electron chi connectivity index (χ4n) is 4.59. The van der Waals surface area contributed by atoms with E-state index in [1.807, 2.05) is 48.5 Å². The van der Waals surface area contributed by atoms with E-state index in [1.165, 1.54) is 19.3 Å². The lowest BCUT2D eigenvalue weighted by atomic mass is 9.86. The third-order valence-corrected chi connectivity index (χ3v) is 6.72. The van der Waals surface area contributed by atoms with Crippen LogP contribution >= 0.6 is 11.6 Å². The van der Waals surface area contributed by atoms with Crippen molar-refractivity contribution in [2.75, 3.05) is 32.8 Å². The van der Waals surface area contributed by atoms with Crippen molar-refractivity contribution in [2.45, 2.75) is 44.2 Å². The highest BCUT2D eigenvalue weighted by molar-refractivity contribution is 6.30. The van der Waals surface area contributed by atoms with Gasteiger partial charge in [0.2, 0.25) is 0 Å². The molecular formula is C25H31ClN2O3. The van der Waals surface area contributed by atoms with Crippen LogP contribution in [0, 0.1) is 0 Å². The fourth-order valence-corrected chi connectivity index (χ4v) is 4.71. The number of hydrogen-bond donors (Lipinski definition) is 1. The number of halogens is 1. The number of carbonyl (C=O) groups excluding carboxylic acids is 1.